The molecule has 3 rings (SSSR count). The zero-order valence-electron chi connectivity index (χ0n) is 9.35. The van der Waals surface area contributed by atoms with E-state index in [0.717, 1.165) is 4.47 Å². The fraction of sp³-hybridized carbons (Fsp3) is 0.167. The highest BCUT2D eigenvalue weighted by atomic mass is 79.9. The number of rotatable bonds is 1. The molecule has 0 aliphatic carbocycles. The van der Waals surface area contributed by atoms with Crippen LogP contribution in [0.25, 0.3) is 11.1 Å². The van der Waals surface area contributed by atoms with Gasteiger partial charge in [-0.05, 0) is 17.7 Å². The lowest BCUT2D eigenvalue weighted by atomic mass is 10.1. The first-order valence-corrected chi connectivity index (χ1v) is 6.30. The maximum absolute atomic E-state index is 12.3. The second kappa shape index (κ2) is 4.13. The van der Waals surface area contributed by atoms with E-state index in [0.29, 0.717) is 24.6 Å². The van der Waals surface area contributed by atoms with Crippen molar-refractivity contribution in [2.45, 2.75) is 6.54 Å². The van der Waals surface area contributed by atoms with E-state index in [1.807, 2.05) is 12.1 Å². The van der Waals surface area contributed by atoms with Crippen LogP contribution in [0.1, 0.15) is 0 Å². The highest BCUT2D eigenvalue weighted by Gasteiger charge is 2.20. The summed E-state index contributed by atoms with van der Waals surface area (Å²) < 4.78 is 2.46. The van der Waals surface area contributed by atoms with Crippen LogP contribution in [-0.4, -0.2) is 21.2 Å². The third-order valence-corrected chi connectivity index (χ3v) is 3.43. The van der Waals surface area contributed by atoms with Gasteiger partial charge in [-0.1, -0.05) is 28.1 Å². The number of hydrogen-bond donors (Lipinski definition) is 2. The van der Waals surface area contributed by atoms with Crippen molar-refractivity contribution < 1.29 is 5.11 Å². The summed E-state index contributed by atoms with van der Waals surface area (Å²) >= 11 is 3.33. The molecular formula is C12H10BrN3O2. The van der Waals surface area contributed by atoms with E-state index in [-0.39, 0.29) is 17.0 Å². The van der Waals surface area contributed by atoms with E-state index < -0.39 is 0 Å². The van der Waals surface area contributed by atoms with Crippen LogP contribution in [0, 0.1) is 0 Å². The predicted octanol–water partition coefficient (Wildman–Crippen LogP) is 1.80. The molecule has 0 spiro atoms. The summed E-state index contributed by atoms with van der Waals surface area (Å²) in [7, 11) is 0. The summed E-state index contributed by atoms with van der Waals surface area (Å²) in [6.45, 7) is 1.23. The van der Waals surface area contributed by atoms with Gasteiger partial charge in [0, 0.05) is 17.6 Å². The van der Waals surface area contributed by atoms with Crippen LogP contribution in [0.4, 0.5) is 5.95 Å². The van der Waals surface area contributed by atoms with E-state index in [9.17, 15) is 9.90 Å². The van der Waals surface area contributed by atoms with Crippen molar-refractivity contribution in [3.8, 4) is 17.0 Å². The van der Waals surface area contributed by atoms with E-state index >= 15 is 0 Å². The fourth-order valence-electron chi connectivity index (χ4n) is 2.03. The smallest absolute Gasteiger partial charge is 0.266 e. The van der Waals surface area contributed by atoms with Gasteiger partial charge >= 0.3 is 0 Å². The zero-order valence-corrected chi connectivity index (χ0v) is 10.9. The first kappa shape index (κ1) is 11.3. The van der Waals surface area contributed by atoms with Crippen molar-refractivity contribution in [2.75, 3.05) is 11.9 Å². The Morgan fingerprint density at radius 3 is 2.78 bits per heavy atom. The lowest BCUT2D eigenvalue weighted by molar-refractivity contribution is 0.452. The minimum atomic E-state index is -0.233. The van der Waals surface area contributed by atoms with Gasteiger partial charge in [0.1, 0.15) is 5.56 Å². The molecule has 5 nitrogen and oxygen atoms in total. The second-order valence-electron chi connectivity index (χ2n) is 4.02. The SMILES string of the molecule is O=c1c(-c2ccc(Br)cc2)c(O)nc2n1CCN2. The Kier molecular flexibility index (Phi) is 2.59. The minimum absolute atomic E-state index is 0.218. The van der Waals surface area contributed by atoms with Crippen LogP contribution in [0.3, 0.4) is 0 Å². The van der Waals surface area contributed by atoms with Gasteiger partial charge < -0.3 is 10.4 Å². The number of benzene rings is 1. The van der Waals surface area contributed by atoms with Gasteiger partial charge in [0.25, 0.3) is 5.56 Å². The fourth-order valence-corrected chi connectivity index (χ4v) is 2.30. The molecule has 0 atom stereocenters. The van der Waals surface area contributed by atoms with Crippen LogP contribution < -0.4 is 10.9 Å². The maximum Gasteiger partial charge on any atom is 0.266 e. The van der Waals surface area contributed by atoms with Gasteiger partial charge in [-0.25, -0.2) is 0 Å². The molecule has 6 heteroatoms. The summed E-state index contributed by atoms with van der Waals surface area (Å²) in [6.07, 6.45) is 0. The van der Waals surface area contributed by atoms with Crippen molar-refractivity contribution >= 4 is 21.9 Å². The van der Waals surface area contributed by atoms with Gasteiger partial charge in [-0.15, -0.1) is 0 Å². The number of halogens is 1. The molecule has 1 aliphatic rings. The Balaban J connectivity index is 2.24. The Morgan fingerprint density at radius 1 is 1.33 bits per heavy atom. The lowest BCUT2D eigenvalue weighted by Crippen LogP contribution is -2.20. The molecule has 92 valence electrons. The zero-order chi connectivity index (χ0) is 12.7. The van der Waals surface area contributed by atoms with Crippen molar-refractivity contribution in [1.29, 1.82) is 0 Å². The van der Waals surface area contributed by atoms with Crippen LogP contribution in [0.5, 0.6) is 5.88 Å². The summed E-state index contributed by atoms with van der Waals surface area (Å²) in [5.74, 6) is 0.196. The molecule has 1 aliphatic heterocycles. The average Bonchev–Trinajstić information content (AvgIpc) is 2.80. The lowest BCUT2D eigenvalue weighted by Gasteiger charge is -2.07. The van der Waals surface area contributed by atoms with Crippen molar-refractivity contribution in [2.24, 2.45) is 0 Å². The minimum Gasteiger partial charge on any atom is -0.493 e. The molecule has 2 aromatic rings. The van der Waals surface area contributed by atoms with Crippen LogP contribution in [-0.2, 0) is 6.54 Å². The molecule has 2 N–H and O–H groups in total. The second-order valence-corrected chi connectivity index (χ2v) is 4.94. The largest absolute Gasteiger partial charge is 0.493 e. The molecule has 0 fully saturated rings. The van der Waals surface area contributed by atoms with Crippen molar-refractivity contribution in [3.05, 3.63) is 39.1 Å². The highest BCUT2D eigenvalue weighted by molar-refractivity contribution is 9.10. The molecule has 2 heterocycles. The molecule has 0 bridgehead atoms. The van der Waals surface area contributed by atoms with Gasteiger partial charge in [0.2, 0.25) is 11.8 Å². The van der Waals surface area contributed by atoms with Gasteiger partial charge in [0.15, 0.2) is 0 Å². The number of hydrogen-bond acceptors (Lipinski definition) is 4. The standard InChI is InChI=1S/C12H10BrN3O2/c13-8-3-1-7(2-4-8)9-10(17)15-12-14-5-6-16(12)11(9)18/h1-4,17H,5-6H2,(H,14,15). The third-order valence-electron chi connectivity index (χ3n) is 2.90. The molecule has 18 heavy (non-hydrogen) atoms. The molecular weight excluding hydrogens is 298 g/mol. The number of fused-ring (bicyclic) bond motifs is 1. The summed E-state index contributed by atoms with van der Waals surface area (Å²) in [4.78, 5) is 16.3. The van der Waals surface area contributed by atoms with Crippen LogP contribution in [0.15, 0.2) is 33.5 Å². The van der Waals surface area contributed by atoms with E-state index in [1.165, 1.54) is 4.57 Å². The number of aromatic hydroxyl groups is 1. The number of nitrogens with zero attached hydrogens (tertiary/aromatic N) is 2. The first-order valence-electron chi connectivity index (χ1n) is 5.50. The summed E-state index contributed by atoms with van der Waals surface area (Å²) in [6, 6.07) is 7.20. The molecule has 1 aromatic carbocycles. The van der Waals surface area contributed by atoms with Gasteiger partial charge in [-0.2, -0.15) is 4.98 Å². The Bertz CT molecular complexity index is 664. The van der Waals surface area contributed by atoms with Gasteiger partial charge in [-0.3, -0.25) is 9.36 Å². The average molecular weight is 308 g/mol. The molecule has 1 aromatic heterocycles. The van der Waals surface area contributed by atoms with Crippen LogP contribution in [0.2, 0.25) is 0 Å². The number of anilines is 1. The molecule has 0 saturated carbocycles. The highest BCUT2D eigenvalue weighted by Crippen LogP contribution is 2.27. The first-order chi connectivity index (χ1) is 8.66. The molecule has 0 radical (unpaired) electrons. The molecule has 0 unspecified atom stereocenters. The molecule has 0 amide bonds. The quantitative estimate of drug-likeness (QED) is 0.843. The van der Waals surface area contributed by atoms with Crippen molar-refractivity contribution in [3.63, 3.8) is 0 Å². The Morgan fingerprint density at radius 2 is 2.06 bits per heavy atom. The van der Waals surface area contributed by atoms with E-state index in [2.05, 4.69) is 26.2 Å². The Hall–Kier alpha value is -1.82. The monoisotopic (exact) mass is 307 g/mol. The van der Waals surface area contributed by atoms with E-state index in [4.69, 9.17) is 0 Å². The van der Waals surface area contributed by atoms with E-state index in [1.54, 1.807) is 12.1 Å². The van der Waals surface area contributed by atoms with Gasteiger partial charge in [0.05, 0.1) is 0 Å². The summed E-state index contributed by atoms with van der Waals surface area (Å²) in [5, 5.41) is 12.9. The normalized spacial score (nSPS) is 13.2. The van der Waals surface area contributed by atoms with Crippen LogP contribution >= 0.6 is 15.9 Å². The maximum atomic E-state index is 12.3. The Labute approximate surface area is 111 Å². The van der Waals surface area contributed by atoms with Crippen molar-refractivity contribution in [1.82, 2.24) is 9.55 Å². The molecule has 0 saturated heterocycles. The predicted molar refractivity (Wildman–Crippen MR) is 71.8 cm³/mol. The summed E-state index contributed by atoms with van der Waals surface area (Å²) in [5.41, 5.74) is 0.690. The number of aromatic nitrogens is 2. The third kappa shape index (κ3) is 1.69. The number of nitrogens with one attached hydrogen (secondary N) is 1. The topological polar surface area (TPSA) is 67.1 Å².